The molecule has 2 fully saturated rings. The summed E-state index contributed by atoms with van der Waals surface area (Å²) in [5, 5.41) is 8.27. The number of sulfonamides is 1. The van der Waals surface area contributed by atoms with Crippen molar-refractivity contribution in [2.75, 3.05) is 39.0 Å². The lowest BCUT2D eigenvalue weighted by Crippen LogP contribution is -2.48. The van der Waals surface area contributed by atoms with Gasteiger partial charge in [0.05, 0.1) is 11.7 Å². The van der Waals surface area contributed by atoms with Gasteiger partial charge in [-0.3, -0.25) is 4.79 Å². The first-order valence-electron chi connectivity index (χ1n) is 7.38. The van der Waals surface area contributed by atoms with E-state index in [1.165, 1.54) is 15.4 Å². The van der Waals surface area contributed by atoms with Crippen LogP contribution in [0.5, 0.6) is 0 Å². The fourth-order valence-corrected chi connectivity index (χ4v) is 5.00. The quantitative estimate of drug-likeness (QED) is 0.782. The maximum Gasteiger partial charge on any atom is 0.229 e. The second-order valence-electron chi connectivity index (χ2n) is 6.12. The summed E-state index contributed by atoms with van der Waals surface area (Å²) >= 11 is 1.68. The summed E-state index contributed by atoms with van der Waals surface area (Å²) in [4.78, 5) is 13.9. The second kappa shape index (κ2) is 5.92. The van der Waals surface area contributed by atoms with Crippen LogP contribution in [0.25, 0.3) is 0 Å². The summed E-state index contributed by atoms with van der Waals surface area (Å²) in [6.07, 6.45) is 2.03. The molecule has 0 unspecified atom stereocenters. The predicted molar refractivity (Wildman–Crippen MR) is 86.2 cm³/mol. The lowest BCUT2D eigenvalue weighted by Gasteiger charge is -2.26. The van der Waals surface area contributed by atoms with E-state index < -0.39 is 15.4 Å². The highest BCUT2D eigenvalue weighted by molar-refractivity contribution is 7.88. The first-order valence-corrected chi connectivity index (χ1v) is 10.1. The Morgan fingerprint density at radius 3 is 3.09 bits per heavy atom. The van der Waals surface area contributed by atoms with E-state index in [-0.39, 0.29) is 18.4 Å². The molecular formula is C14H21N3O3S2. The molecule has 3 heterocycles. The van der Waals surface area contributed by atoms with Crippen molar-refractivity contribution < 1.29 is 13.2 Å². The number of nitrogens with one attached hydrogen (secondary N) is 2. The zero-order chi connectivity index (χ0) is 15.8. The Hall–Kier alpha value is -0.960. The first-order chi connectivity index (χ1) is 10.4. The van der Waals surface area contributed by atoms with Crippen molar-refractivity contribution in [2.45, 2.75) is 6.42 Å². The average molecular weight is 343 g/mol. The summed E-state index contributed by atoms with van der Waals surface area (Å²) in [5.74, 6) is 0.0363. The monoisotopic (exact) mass is 343 g/mol. The number of thiophene rings is 1. The Morgan fingerprint density at radius 2 is 2.41 bits per heavy atom. The highest BCUT2D eigenvalue weighted by Crippen LogP contribution is 2.40. The predicted octanol–water partition coefficient (Wildman–Crippen LogP) is -0.112. The minimum absolute atomic E-state index is 0.0230. The maximum absolute atomic E-state index is 12.7. The Morgan fingerprint density at radius 1 is 1.59 bits per heavy atom. The zero-order valence-corrected chi connectivity index (χ0v) is 14.2. The van der Waals surface area contributed by atoms with Crippen molar-refractivity contribution in [3.05, 3.63) is 22.4 Å². The van der Waals surface area contributed by atoms with Gasteiger partial charge in [0.1, 0.15) is 0 Å². The van der Waals surface area contributed by atoms with Gasteiger partial charge in [-0.15, -0.1) is 11.3 Å². The van der Waals surface area contributed by atoms with Gasteiger partial charge in [-0.25, -0.2) is 12.7 Å². The van der Waals surface area contributed by atoms with Gasteiger partial charge >= 0.3 is 0 Å². The minimum atomic E-state index is -3.24. The second-order valence-corrected chi connectivity index (χ2v) is 9.14. The molecule has 0 saturated carbocycles. The summed E-state index contributed by atoms with van der Waals surface area (Å²) in [6.45, 7) is 2.56. The molecule has 3 rings (SSSR count). The number of hydrogen-bond acceptors (Lipinski definition) is 5. The fourth-order valence-electron chi connectivity index (χ4n) is 3.38. The van der Waals surface area contributed by atoms with E-state index in [4.69, 9.17) is 0 Å². The number of carbonyl (C=O) groups excluding carboxylic acids is 1. The van der Waals surface area contributed by atoms with Crippen LogP contribution in [0.1, 0.15) is 4.88 Å². The Kier molecular flexibility index (Phi) is 4.28. The molecule has 0 aliphatic carbocycles. The van der Waals surface area contributed by atoms with Crippen LogP contribution in [0.3, 0.4) is 0 Å². The van der Waals surface area contributed by atoms with Gasteiger partial charge in [-0.2, -0.15) is 0 Å². The van der Waals surface area contributed by atoms with Crippen LogP contribution in [-0.2, 0) is 21.2 Å². The molecule has 1 aromatic heterocycles. The maximum atomic E-state index is 12.7. The van der Waals surface area contributed by atoms with Crippen LogP contribution in [0, 0.1) is 11.3 Å². The number of fused-ring (bicyclic) bond motifs is 1. The summed E-state index contributed by atoms with van der Waals surface area (Å²) < 4.78 is 25.0. The highest BCUT2D eigenvalue weighted by atomic mass is 32.2. The van der Waals surface area contributed by atoms with E-state index in [0.29, 0.717) is 26.2 Å². The van der Waals surface area contributed by atoms with Crippen LogP contribution in [0.15, 0.2) is 17.5 Å². The molecule has 2 aliphatic heterocycles. The summed E-state index contributed by atoms with van der Waals surface area (Å²) in [7, 11) is -3.24. The molecule has 2 atom stereocenters. The molecule has 2 saturated heterocycles. The van der Waals surface area contributed by atoms with E-state index in [1.807, 2.05) is 11.4 Å². The van der Waals surface area contributed by atoms with Crippen molar-refractivity contribution in [3.8, 4) is 0 Å². The van der Waals surface area contributed by atoms with Gasteiger partial charge in [0.2, 0.25) is 15.9 Å². The molecule has 22 heavy (non-hydrogen) atoms. The van der Waals surface area contributed by atoms with Crippen molar-refractivity contribution in [1.29, 1.82) is 0 Å². The summed E-state index contributed by atoms with van der Waals surface area (Å²) in [5.41, 5.74) is -0.613. The minimum Gasteiger partial charge on any atom is -0.355 e. The van der Waals surface area contributed by atoms with Crippen LogP contribution in [-0.4, -0.2) is 57.6 Å². The van der Waals surface area contributed by atoms with Crippen molar-refractivity contribution in [2.24, 2.45) is 11.3 Å². The molecule has 0 bridgehead atoms. The number of nitrogens with zero attached hydrogens (tertiary/aromatic N) is 1. The van der Waals surface area contributed by atoms with E-state index in [0.717, 1.165) is 6.42 Å². The molecule has 2 N–H and O–H groups in total. The third-order valence-electron chi connectivity index (χ3n) is 4.65. The van der Waals surface area contributed by atoms with Crippen molar-refractivity contribution >= 4 is 27.3 Å². The molecule has 0 aromatic carbocycles. The molecule has 8 heteroatoms. The number of rotatable bonds is 5. The van der Waals surface area contributed by atoms with E-state index >= 15 is 0 Å². The molecule has 122 valence electrons. The van der Waals surface area contributed by atoms with Crippen LogP contribution in [0.2, 0.25) is 0 Å². The summed E-state index contributed by atoms with van der Waals surface area (Å²) in [6, 6.07) is 4.05. The van der Waals surface area contributed by atoms with E-state index in [1.54, 1.807) is 11.3 Å². The van der Waals surface area contributed by atoms with Gasteiger partial charge in [-0.1, -0.05) is 6.07 Å². The van der Waals surface area contributed by atoms with Crippen LogP contribution in [0.4, 0.5) is 0 Å². The van der Waals surface area contributed by atoms with Crippen molar-refractivity contribution in [1.82, 2.24) is 14.9 Å². The topological polar surface area (TPSA) is 78.5 Å². The van der Waals surface area contributed by atoms with Gasteiger partial charge in [0.25, 0.3) is 0 Å². The van der Waals surface area contributed by atoms with E-state index in [2.05, 4.69) is 16.7 Å². The first kappa shape index (κ1) is 15.9. The number of hydrogen-bond donors (Lipinski definition) is 2. The molecule has 2 aliphatic rings. The normalized spacial score (nSPS) is 28.7. The fraction of sp³-hybridized carbons (Fsp3) is 0.643. The van der Waals surface area contributed by atoms with E-state index in [9.17, 15) is 13.2 Å². The highest BCUT2D eigenvalue weighted by Gasteiger charge is 2.56. The van der Waals surface area contributed by atoms with Crippen LogP contribution < -0.4 is 10.6 Å². The van der Waals surface area contributed by atoms with Gasteiger partial charge in [-0.05, 0) is 17.9 Å². The zero-order valence-electron chi connectivity index (χ0n) is 12.5. The Bertz CT molecular complexity index is 644. The third-order valence-corrected chi connectivity index (χ3v) is 6.81. The molecule has 6 nitrogen and oxygen atoms in total. The van der Waals surface area contributed by atoms with Crippen molar-refractivity contribution in [3.63, 3.8) is 0 Å². The number of amides is 1. The van der Waals surface area contributed by atoms with Gasteiger partial charge in [0.15, 0.2) is 0 Å². The molecule has 1 amide bonds. The Balaban J connectivity index is 1.64. The van der Waals surface area contributed by atoms with Gasteiger partial charge in [0, 0.05) is 43.5 Å². The largest absolute Gasteiger partial charge is 0.355 e. The molecule has 1 aromatic rings. The molecule has 0 radical (unpaired) electrons. The lowest BCUT2D eigenvalue weighted by atomic mass is 9.80. The smallest absolute Gasteiger partial charge is 0.229 e. The SMILES string of the molecule is CS(=O)(=O)N1C[C@@H]2CNC[C@]2(C(=O)NCCc2cccs2)C1. The Labute approximate surface area is 134 Å². The third kappa shape index (κ3) is 2.92. The molecular weight excluding hydrogens is 322 g/mol. The lowest BCUT2D eigenvalue weighted by molar-refractivity contribution is -0.130. The molecule has 0 spiro atoms. The number of carbonyl (C=O) groups is 1. The van der Waals surface area contributed by atoms with Gasteiger partial charge < -0.3 is 10.6 Å². The standard InChI is InChI=1S/C14H21N3O3S2/c1-22(19,20)17-8-11-7-15-9-14(11,10-17)13(18)16-5-4-12-3-2-6-21-12/h2-3,6,11,15H,4-5,7-10H2,1H3,(H,16,18)/t11-,14-/m0/s1. The van der Waals surface area contributed by atoms with Crippen LogP contribution >= 0.6 is 11.3 Å². The average Bonchev–Trinajstić information content (AvgIpc) is 3.12.